The number of aromatic nitrogens is 2. The Morgan fingerprint density at radius 2 is 2.10 bits per heavy atom. The lowest BCUT2D eigenvalue weighted by Crippen LogP contribution is -2.13. The third kappa shape index (κ3) is 2.73. The van der Waals surface area contributed by atoms with Gasteiger partial charge in [0.1, 0.15) is 5.82 Å². The van der Waals surface area contributed by atoms with Crippen LogP contribution in [0, 0.1) is 6.92 Å². The van der Waals surface area contributed by atoms with Gasteiger partial charge in [-0.25, -0.2) is 9.97 Å². The zero-order chi connectivity index (χ0) is 13.9. The van der Waals surface area contributed by atoms with Crippen LogP contribution in [0.3, 0.4) is 0 Å². The highest BCUT2D eigenvalue weighted by atomic mass is 14.9. The molecule has 2 aromatic rings. The Bertz CT molecular complexity index is 607. The summed E-state index contributed by atoms with van der Waals surface area (Å²) in [6, 6.07) is 8.53. The smallest absolute Gasteiger partial charge is 0.132 e. The summed E-state index contributed by atoms with van der Waals surface area (Å²) in [4.78, 5) is 9.30. The van der Waals surface area contributed by atoms with Crippen molar-refractivity contribution >= 4 is 0 Å². The Morgan fingerprint density at radius 1 is 1.25 bits per heavy atom. The number of benzene rings is 1. The number of nitrogens with zero attached hydrogens (tertiary/aromatic N) is 2. The van der Waals surface area contributed by atoms with Crippen LogP contribution in [0.4, 0.5) is 0 Å². The van der Waals surface area contributed by atoms with Crippen molar-refractivity contribution in [2.45, 2.75) is 45.1 Å². The molecule has 1 aromatic carbocycles. The zero-order valence-electron chi connectivity index (χ0n) is 12.0. The van der Waals surface area contributed by atoms with Crippen LogP contribution in [0.15, 0.2) is 30.5 Å². The summed E-state index contributed by atoms with van der Waals surface area (Å²) < 4.78 is 0. The fourth-order valence-corrected chi connectivity index (χ4v) is 2.85. The standard InChI is InChI=1S/C17H21N3/c1-12-6-2-3-7-13(12)10-17-19-11-14-15(18)8-4-5-9-16(14)20-17/h2-3,6-7,11,15H,4-5,8-10,18H2,1H3. The van der Waals surface area contributed by atoms with Crippen LogP contribution in [0.25, 0.3) is 0 Å². The van der Waals surface area contributed by atoms with Gasteiger partial charge in [-0.2, -0.15) is 0 Å². The van der Waals surface area contributed by atoms with E-state index in [4.69, 9.17) is 10.7 Å². The minimum absolute atomic E-state index is 0.111. The Hall–Kier alpha value is -1.74. The lowest BCUT2D eigenvalue weighted by atomic mass is 10.0. The third-order valence-corrected chi connectivity index (χ3v) is 4.14. The Kier molecular flexibility index (Phi) is 3.79. The summed E-state index contributed by atoms with van der Waals surface area (Å²) in [5.74, 6) is 0.909. The predicted molar refractivity (Wildman–Crippen MR) is 80.5 cm³/mol. The summed E-state index contributed by atoms with van der Waals surface area (Å²) in [6.07, 6.45) is 7.20. The lowest BCUT2D eigenvalue weighted by molar-refractivity contribution is 0.614. The fourth-order valence-electron chi connectivity index (χ4n) is 2.85. The van der Waals surface area contributed by atoms with Gasteiger partial charge in [-0.3, -0.25) is 0 Å². The number of hydrogen-bond donors (Lipinski definition) is 1. The van der Waals surface area contributed by atoms with Crippen molar-refractivity contribution in [3.8, 4) is 0 Å². The van der Waals surface area contributed by atoms with Crippen LogP contribution in [-0.2, 0) is 12.8 Å². The van der Waals surface area contributed by atoms with Crippen LogP contribution in [0.5, 0.6) is 0 Å². The number of nitrogens with two attached hydrogens (primary N) is 1. The van der Waals surface area contributed by atoms with Gasteiger partial charge in [0.05, 0.1) is 0 Å². The van der Waals surface area contributed by atoms with E-state index in [0.717, 1.165) is 36.3 Å². The third-order valence-electron chi connectivity index (χ3n) is 4.14. The molecule has 1 aliphatic carbocycles. The first-order valence-corrected chi connectivity index (χ1v) is 7.39. The van der Waals surface area contributed by atoms with Gasteiger partial charge in [0.25, 0.3) is 0 Å². The molecule has 1 heterocycles. The second-order valence-corrected chi connectivity index (χ2v) is 5.64. The van der Waals surface area contributed by atoms with E-state index in [2.05, 4.69) is 36.2 Å². The molecule has 2 N–H and O–H groups in total. The first-order valence-electron chi connectivity index (χ1n) is 7.39. The average molecular weight is 267 g/mol. The molecule has 3 rings (SSSR count). The lowest BCUT2D eigenvalue weighted by Gasteiger charge is -2.12. The highest BCUT2D eigenvalue weighted by molar-refractivity contribution is 5.29. The van der Waals surface area contributed by atoms with Gasteiger partial charge in [0.15, 0.2) is 0 Å². The van der Waals surface area contributed by atoms with E-state index >= 15 is 0 Å². The zero-order valence-corrected chi connectivity index (χ0v) is 12.0. The molecule has 0 amide bonds. The van der Waals surface area contributed by atoms with E-state index in [1.165, 1.54) is 24.0 Å². The monoisotopic (exact) mass is 267 g/mol. The molecule has 3 heteroatoms. The SMILES string of the molecule is Cc1ccccc1Cc1ncc2c(n1)CCCCC2N. The molecule has 0 spiro atoms. The van der Waals surface area contributed by atoms with Crippen LogP contribution in [0.1, 0.15) is 53.5 Å². The molecular formula is C17H21N3. The number of aryl methyl sites for hydroxylation is 2. The Balaban J connectivity index is 1.89. The highest BCUT2D eigenvalue weighted by Crippen LogP contribution is 2.25. The summed E-state index contributed by atoms with van der Waals surface area (Å²) in [7, 11) is 0. The van der Waals surface area contributed by atoms with Gasteiger partial charge in [0, 0.05) is 29.9 Å². The van der Waals surface area contributed by atoms with Crippen LogP contribution in [0.2, 0.25) is 0 Å². The molecule has 20 heavy (non-hydrogen) atoms. The maximum atomic E-state index is 6.19. The Morgan fingerprint density at radius 3 is 2.95 bits per heavy atom. The van der Waals surface area contributed by atoms with Crippen molar-refractivity contribution in [1.29, 1.82) is 0 Å². The molecule has 0 saturated heterocycles. The normalized spacial score (nSPS) is 18.4. The number of hydrogen-bond acceptors (Lipinski definition) is 3. The van der Waals surface area contributed by atoms with E-state index in [9.17, 15) is 0 Å². The first-order chi connectivity index (χ1) is 9.74. The van der Waals surface area contributed by atoms with E-state index in [0.29, 0.717) is 0 Å². The van der Waals surface area contributed by atoms with Crippen LogP contribution in [-0.4, -0.2) is 9.97 Å². The molecule has 0 fully saturated rings. The maximum absolute atomic E-state index is 6.19. The van der Waals surface area contributed by atoms with E-state index in [1.54, 1.807) is 0 Å². The molecule has 0 aliphatic heterocycles. The van der Waals surface area contributed by atoms with Gasteiger partial charge in [-0.05, 0) is 37.3 Å². The summed E-state index contributed by atoms with van der Waals surface area (Å²) in [5, 5.41) is 0. The second kappa shape index (κ2) is 5.71. The predicted octanol–water partition coefficient (Wildman–Crippen LogP) is 3.10. The molecule has 1 aliphatic rings. The molecule has 0 radical (unpaired) electrons. The Labute approximate surface area is 120 Å². The van der Waals surface area contributed by atoms with Gasteiger partial charge in [0.2, 0.25) is 0 Å². The van der Waals surface area contributed by atoms with Crippen molar-refractivity contribution in [1.82, 2.24) is 9.97 Å². The molecular weight excluding hydrogens is 246 g/mol. The summed E-state index contributed by atoms with van der Waals surface area (Å²) in [5.41, 5.74) is 11.1. The van der Waals surface area contributed by atoms with Crippen molar-refractivity contribution in [2.75, 3.05) is 0 Å². The maximum Gasteiger partial charge on any atom is 0.132 e. The second-order valence-electron chi connectivity index (χ2n) is 5.64. The molecule has 1 unspecified atom stereocenters. The largest absolute Gasteiger partial charge is 0.324 e. The molecule has 3 nitrogen and oxygen atoms in total. The minimum atomic E-state index is 0.111. The molecule has 0 saturated carbocycles. The van der Waals surface area contributed by atoms with Crippen LogP contribution < -0.4 is 5.73 Å². The fraction of sp³-hybridized carbons (Fsp3) is 0.412. The van der Waals surface area contributed by atoms with Crippen molar-refractivity contribution in [2.24, 2.45) is 5.73 Å². The quantitative estimate of drug-likeness (QED) is 0.851. The van der Waals surface area contributed by atoms with Crippen molar-refractivity contribution in [3.63, 3.8) is 0 Å². The summed E-state index contributed by atoms with van der Waals surface area (Å²) in [6.45, 7) is 2.13. The van der Waals surface area contributed by atoms with Gasteiger partial charge < -0.3 is 5.73 Å². The summed E-state index contributed by atoms with van der Waals surface area (Å²) >= 11 is 0. The van der Waals surface area contributed by atoms with Crippen molar-refractivity contribution < 1.29 is 0 Å². The minimum Gasteiger partial charge on any atom is -0.324 e. The highest BCUT2D eigenvalue weighted by Gasteiger charge is 2.17. The van der Waals surface area contributed by atoms with Crippen molar-refractivity contribution in [3.05, 3.63) is 58.7 Å². The van der Waals surface area contributed by atoms with E-state index < -0.39 is 0 Å². The number of rotatable bonds is 2. The molecule has 1 aromatic heterocycles. The van der Waals surface area contributed by atoms with Gasteiger partial charge in [-0.1, -0.05) is 30.7 Å². The number of fused-ring (bicyclic) bond motifs is 1. The van der Waals surface area contributed by atoms with E-state index in [1.807, 2.05) is 6.20 Å². The van der Waals surface area contributed by atoms with Gasteiger partial charge >= 0.3 is 0 Å². The first kappa shape index (κ1) is 13.3. The average Bonchev–Trinajstić information content (AvgIpc) is 2.63. The van der Waals surface area contributed by atoms with Gasteiger partial charge in [-0.15, -0.1) is 0 Å². The molecule has 104 valence electrons. The molecule has 1 atom stereocenters. The van der Waals surface area contributed by atoms with E-state index in [-0.39, 0.29) is 6.04 Å². The topological polar surface area (TPSA) is 51.8 Å². The van der Waals surface area contributed by atoms with Crippen LogP contribution >= 0.6 is 0 Å². The molecule has 0 bridgehead atoms.